The van der Waals surface area contributed by atoms with Gasteiger partial charge in [-0.2, -0.15) is 0 Å². The summed E-state index contributed by atoms with van der Waals surface area (Å²) < 4.78 is 0. The number of H-pyrrole nitrogens is 1. The molecule has 0 aliphatic carbocycles. The van der Waals surface area contributed by atoms with Gasteiger partial charge >= 0.3 is 0 Å². The average Bonchev–Trinajstić information content (AvgIpc) is 2.89. The van der Waals surface area contributed by atoms with Crippen LogP contribution in [0.2, 0.25) is 0 Å². The molecule has 0 aromatic carbocycles. The molecule has 94 valence electrons. The van der Waals surface area contributed by atoms with Crippen LogP contribution < -0.4 is 10.6 Å². The third-order valence-corrected chi connectivity index (χ3v) is 3.17. The minimum absolute atomic E-state index is 0.0195. The first-order valence-corrected chi connectivity index (χ1v) is 6.00. The van der Waals surface area contributed by atoms with Crippen molar-refractivity contribution >= 4 is 22.9 Å². The Morgan fingerprint density at radius 3 is 2.94 bits per heavy atom. The van der Waals surface area contributed by atoms with Crippen LogP contribution in [-0.4, -0.2) is 38.9 Å². The van der Waals surface area contributed by atoms with Crippen LogP contribution in [0.25, 0.3) is 11.2 Å². The summed E-state index contributed by atoms with van der Waals surface area (Å²) in [6.45, 7) is 1.78. The smallest absolute Gasteiger partial charge is 0.228 e. The highest BCUT2D eigenvalue weighted by Crippen LogP contribution is 2.18. The fourth-order valence-electron chi connectivity index (χ4n) is 2.16. The third kappa shape index (κ3) is 2.04. The molecule has 2 aromatic heterocycles. The molecule has 3 heterocycles. The summed E-state index contributed by atoms with van der Waals surface area (Å²) in [6.07, 6.45) is 4.67. The van der Waals surface area contributed by atoms with Gasteiger partial charge < -0.3 is 15.6 Å². The molecule has 0 atom stereocenters. The number of carbonyl (C=O) groups excluding carboxylic acids is 1. The number of anilines is 1. The molecular weight excluding hydrogens is 232 g/mol. The van der Waals surface area contributed by atoms with Gasteiger partial charge in [-0.3, -0.25) is 4.79 Å². The highest BCUT2D eigenvalue weighted by atomic mass is 16.1. The van der Waals surface area contributed by atoms with Gasteiger partial charge in [0.1, 0.15) is 11.8 Å². The Kier molecular flexibility index (Phi) is 2.89. The Labute approximate surface area is 103 Å². The van der Waals surface area contributed by atoms with Crippen molar-refractivity contribution in [1.29, 1.82) is 0 Å². The van der Waals surface area contributed by atoms with Crippen molar-refractivity contribution in [2.45, 2.75) is 12.8 Å². The van der Waals surface area contributed by atoms with Crippen molar-refractivity contribution in [1.82, 2.24) is 25.3 Å². The van der Waals surface area contributed by atoms with Gasteiger partial charge in [-0.25, -0.2) is 15.0 Å². The number of amides is 1. The normalized spacial score (nSPS) is 16.9. The topological polar surface area (TPSA) is 95.6 Å². The second-order valence-corrected chi connectivity index (χ2v) is 4.34. The number of hydrogen-bond acceptors (Lipinski definition) is 5. The second kappa shape index (κ2) is 4.69. The van der Waals surface area contributed by atoms with Gasteiger partial charge in [-0.15, -0.1) is 0 Å². The first-order valence-electron chi connectivity index (χ1n) is 6.00. The Bertz CT molecular complexity index is 559. The summed E-state index contributed by atoms with van der Waals surface area (Å²) in [7, 11) is 0. The van der Waals surface area contributed by atoms with Crippen LogP contribution in [-0.2, 0) is 4.79 Å². The van der Waals surface area contributed by atoms with Crippen molar-refractivity contribution in [3.05, 3.63) is 12.7 Å². The highest BCUT2D eigenvalue weighted by molar-refractivity contribution is 5.97. The van der Waals surface area contributed by atoms with Crippen LogP contribution in [0.4, 0.5) is 5.82 Å². The third-order valence-electron chi connectivity index (χ3n) is 3.17. The minimum atomic E-state index is 0.0195. The molecule has 0 unspecified atom stereocenters. The van der Waals surface area contributed by atoms with Crippen molar-refractivity contribution < 1.29 is 4.79 Å². The van der Waals surface area contributed by atoms with Crippen LogP contribution >= 0.6 is 0 Å². The largest absolute Gasteiger partial charge is 0.340 e. The van der Waals surface area contributed by atoms with Gasteiger partial charge in [0, 0.05) is 5.92 Å². The lowest BCUT2D eigenvalue weighted by molar-refractivity contribution is -0.120. The molecule has 0 radical (unpaired) electrons. The Balaban J connectivity index is 1.79. The van der Waals surface area contributed by atoms with E-state index < -0.39 is 0 Å². The van der Waals surface area contributed by atoms with Gasteiger partial charge in [0.15, 0.2) is 11.5 Å². The van der Waals surface area contributed by atoms with Crippen LogP contribution in [0.3, 0.4) is 0 Å². The Morgan fingerprint density at radius 2 is 2.11 bits per heavy atom. The second-order valence-electron chi connectivity index (χ2n) is 4.34. The van der Waals surface area contributed by atoms with Crippen molar-refractivity contribution in [3.63, 3.8) is 0 Å². The molecule has 0 bridgehead atoms. The summed E-state index contributed by atoms with van der Waals surface area (Å²) in [5.74, 6) is 0.575. The van der Waals surface area contributed by atoms with E-state index in [-0.39, 0.29) is 11.8 Å². The van der Waals surface area contributed by atoms with Gasteiger partial charge in [0.25, 0.3) is 0 Å². The Morgan fingerprint density at radius 1 is 1.28 bits per heavy atom. The predicted molar refractivity (Wildman–Crippen MR) is 65.9 cm³/mol. The van der Waals surface area contributed by atoms with Crippen molar-refractivity contribution in [3.8, 4) is 0 Å². The van der Waals surface area contributed by atoms with Crippen LogP contribution in [0.5, 0.6) is 0 Å². The molecule has 1 amide bonds. The molecule has 1 saturated heterocycles. The molecule has 0 spiro atoms. The lowest BCUT2D eigenvalue weighted by atomic mass is 9.97. The zero-order valence-electron chi connectivity index (χ0n) is 9.81. The lowest BCUT2D eigenvalue weighted by Crippen LogP contribution is -2.34. The van der Waals surface area contributed by atoms with Gasteiger partial charge in [-0.05, 0) is 25.9 Å². The summed E-state index contributed by atoms with van der Waals surface area (Å²) in [4.78, 5) is 27.2. The van der Waals surface area contributed by atoms with Crippen LogP contribution in [0, 0.1) is 5.92 Å². The summed E-state index contributed by atoms with van der Waals surface area (Å²) >= 11 is 0. The van der Waals surface area contributed by atoms with Crippen LogP contribution in [0.1, 0.15) is 12.8 Å². The maximum Gasteiger partial charge on any atom is 0.228 e. The molecule has 7 heteroatoms. The monoisotopic (exact) mass is 246 g/mol. The highest BCUT2D eigenvalue weighted by Gasteiger charge is 2.22. The number of nitrogens with one attached hydrogen (secondary N) is 3. The van der Waals surface area contributed by atoms with Crippen LogP contribution in [0.15, 0.2) is 12.7 Å². The molecule has 1 aliphatic heterocycles. The van der Waals surface area contributed by atoms with E-state index in [4.69, 9.17) is 0 Å². The number of carbonyl (C=O) groups is 1. The first kappa shape index (κ1) is 11.1. The minimum Gasteiger partial charge on any atom is -0.340 e. The number of aromatic amines is 1. The van der Waals surface area contributed by atoms with Gasteiger partial charge in [0.2, 0.25) is 5.91 Å². The number of hydrogen-bond donors (Lipinski definition) is 3. The quantitative estimate of drug-likeness (QED) is 0.708. The maximum absolute atomic E-state index is 12.1. The van der Waals surface area contributed by atoms with Gasteiger partial charge in [-0.1, -0.05) is 0 Å². The molecule has 2 aromatic rings. The predicted octanol–water partition coefficient (Wildman–Crippen LogP) is 0.291. The number of fused-ring (bicyclic) bond motifs is 1. The SMILES string of the molecule is O=C(Nc1ncnc2nc[nH]c12)C1CCNCC1. The summed E-state index contributed by atoms with van der Waals surface area (Å²) in [6, 6.07) is 0. The zero-order chi connectivity index (χ0) is 12.4. The fourth-order valence-corrected chi connectivity index (χ4v) is 2.16. The van der Waals surface area contributed by atoms with E-state index in [1.807, 2.05) is 0 Å². The molecule has 0 saturated carbocycles. The molecule has 18 heavy (non-hydrogen) atoms. The first-order chi connectivity index (χ1) is 8.84. The van der Waals surface area contributed by atoms with E-state index in [0.717, 1.165) is 25.9 Å². The summed E-state index contributed by atoms with van der Waals surface area (Å²) in [5.41, 5.74) is 1.23. The van der Waals surface area contributed by atoms with E-state index >= 15 is 0 Å². The van der Waals surface area contributed by atoms with E-state index in [1.165, 1.54) is 6.33 Å². The van der Waals surface area contributed by atoms with Crippen molar-refractivity contribution in [2.75, 3.05) is 18.4 Å². The number of nitrogens with zero attached hydrogens (tertiary/aromatic N) is 3. The number of imidazole rings is 1. The fraction of sp³-hybridized carbons (Fsp3) is 0.455. The zero-order valence-corrected chi connectivity index (χ0v) is 9.81. The standard InChI is InChI=1S/C11H14N6O/c18-11(7-1-3-12-4-2-7)17-10-8-9(14-5-13-8)15-6-16-10/h5-7,12H,1-4H2,(H2,13,14,15,16,17,18). The molecule has 1 aliphatic rings. The van der Waals surface area contributed by atoms with E-state index in [2.05, 4.69) is 30.6 Å². The molecule has 1 fully saturated rings. The maximum atomic E-state index is 12.1. The number of piperidine rings is 1. The number of rotatable bonds is 2. The lowest BCUT2D eigenvalue weighted by Gasteiger charge is -2.21. The Hall–Kier alpha value is -2.02. The van der Waals surface area contributed by atoms with E-state index in [9.17, 15) is 4.79 Å². The summed E-state index contributed by atoms with van der Waals surface area (Å²) in [5, 5.41) is 6.09. The van der Waals surface area contributed by atoms with Gasteiger partial charge in [0.05, 0.1) is 6.33 Å². The van der Waals surface area contributed by atoms with E-state index in [0.29, 0.717) is 17.0 Å². The average molecular weight is 246 g/mol. The number of aromatic nitrogens is 4. The molecule has 7 nitrogen and oxygen atoms in total. The van der Waals surface area contributed by atoms with Crippen molar-refractivity contribution in [2.24, 2.45) is 5.92 Å². The molecule has 3 rings (SSSR count). The molecular formula is C11H14N6O. The molecule has 3 N–H and O–H groups in total. The van der Waals surface area contributed by atoms with E-state index in [1.54, 1.807) is 6.33 Å².